The minimum atomic E-state index is -3.47. The fourth-order valence-electron chi connectivity index (χ4n) is 4.64. The van der Waals surface area contributed by atoms with Crippen molar-refractivity contribution < 1.29 is 8.42 Å². The van der Waals surface area contributed by atoms with Crippen LogP contribution in [0.25, 0.3) is 17.1 Å². The molecule has 11 heteroatoms. The zero-order chi connectivity index (χ0) is 21.6. The molecule has 0 saturated heterocycles. The largest absolute Gasteiger partial charge is 0.342 e. The van der Waals surface area contributed by atoms with Crippen LogP contribution in [-0.2, 0) is 10.0 Å². The van der Waals surface area contributed by atoms with Gasteiger partial charge in [0.05, 0.1) is 30.4 Å². The Morgan fingerprint density at radius 1 is 1.23 bits per heavy atom. The third-order valence-corrected chi connectivity index (χ3v) is 6.51. The molecule has 2 aliphatic rings. The van der Waals surface area contributed by atoms with Crippen molar-refractivity contribution in [3.05, 3.63) is 36.8 Å². The number of hydrogen-bond acceptors (Lipinski definition) is 8. The van der Waals surface area contributed by atoms with Crippen LogP contribution in [0.1, 0.15) is 50.9 Å². The molecule has 1 fully saturated rings. The van der Waals surface area contributed by atoms with Gasteiger partial charge in [-0.15, -0.1) is 10.2 Å². The minimum absolute atomic E-state index is 0.0758. The van der Waals surface area contributed by atoms with E-state index < -0.39 is 10.0 Å². The summed E-state index contributed by atoms with van der Waals surface area (Å²) in [6.07, 6.45) is 13.2. The molecule has 162 valence electrons. The Balaban J connectivity index is 1.67. The molecule has 3 aromatic heterocycles. The fourth-order valence-corrected chi connectivity index (χ4v) is 5.21. The van der Waals surface area contributed by atoms with Gasteiger partial charge >= 0.3 is 0 Å². The van der Waals surface area contributed by atoms with Crippen molar-refractivity contribution in [1.29, 1.82) is 0 Å². The van der Waals surface area contributed by atoms with E-state index in [9.17, 15) is 8.42 Å². The van der Waals surface area contributed by atoms with Crippen LogP contribution < -0.4 is 9.62 Å². The van der Waals surface area contributed by atoms with Gasteiger partial charge in [-0.2, -0.15) is 0 Å². The van der Waals surface area contributed by atoms with Crippen LogP contribution in [0, 0.1) is 0 Å². The van der Waals surface area contributed by atoms with Crippen molar-refractivity contribution in [3.8, 4) is 17.1 Å². The number of hydrogen-bond donors (Lipinski definition) is 1. The van der Waals surface area contributed by atoms with Crippen LogP contribution in [0.15, 0.2) is 31.0 Å². The second-order valence-corrected chi connectivity index (χ2v) is 9.78. The summed E-state index contributed by atoms with van der Waals surface area (Å²) < 4.78 is 28.1. The molecule has 1 aliphatic heterocycles. The molecule has 0 aromatic carbocycles. The third kappa shape index (κ3) is 3.52. The smallest absolute Gasteiger partial charge is 0.229 e. The molecule has 10 nitrogen and oxygen atoms in total. The second kappa shape index (κ2) is 7.56. The zero-order valence-electron chi connectivity index (χ0n) is 17.4. The summed E-state index contributed by atoms with van der Waals surface area (Å²) >= 11 is 0. The number of fused-ring (bicyclic) bond motifs is 3. The Morgan fingerprint density at radius 2 is 2.03 bits per heavy atom. The molecular formula is C20H24N8O2S. The van der Waals surface area contributed by atoms with E-state index in [1.165, 1.54) is 19.0 Å². The van der Waals surface area contributed by atoms with Crippen LogP contribution in [0.4, 0.5) is 11.5 Å². The average Bonchev–Trinajstić information content (AvgIpc) is 3.43. The molecule has 31 heavy (non-hydrogen) atoms. The lowest BCUT2D eigenvalue weighted by molar-refractivity contribution is 0.469. The second-order valence-electron chi connectivity index (χ2n) is 8.03. The maximum atomic E-state index is 11.8. The number of nitrogens with zero attached hydrogens (tertiary/aromatic N) is 7. The van der Waals surface area contributed by atoms with Gasteiger partial charge in [0.2, 0.25) is 10.0 Å². The van der Waals surface area contributed by atoms with E-state index in [1.807, 2.05) is 4.57 Å². The summed E-state index contributed by atoms with van der Waals surface area (Å²) in [6.45, 7) is 2.15. The van der Waals surface area contributed by atoms with E-state index in [2.05, 4.69) is 36.7 Å². The van der Waals surface area contributed by atoms with E-state index in [0.29, 0.717) is 23.1 Å². The molecule has 1 unspecified atom stereocenters. The van der Waals surface area contributed by atoms with Gasteiger partial charge in [-0.05, 0) is 25.3 Å². The quantitative estimate of drug-likeness (QED) is 0.643. The molecule has 5 rings (SSSR count). The summed E-state index contributed by atoms with van der Waals surface area (Å²) in [5.41, 5.74) is 1.77. The molecule has 3 aromatic rings. The van der Waals surface area contributed by atoms with Gasteiger partial charge in [-0.1, -0.05) is 19.8 Å². The van der Waals surface area contributed by atoms with Crippen LogP contribution in [0.5, 0.6) is 0 Å². The Hall–Kier alpha value is -3.08. The highest BCUT2D eigenvalue weighted by Crippen LogP contribution is 2.43. The van der Waals surface area contributed by atoms with Crippen molar-refractivity contribution in [3.63, 3.8) is 0 Å². The normalized spacial score (nSPS) is 18.6. The predicted molar refractivity (Wildman–Crippen MR) is 116 cm³/mol. The molecule has 1 N–H and O–H groups in total. The minimum Gasteiger partial charge on any atom is -0.342 e. The molecule has 0 amide bonds. The molecule has 1 aliphatic carbocycles. The number of sulfonamides is 1. The number of nitrogens with one attached hydrogen (secondary N) is 1. The topological polar surface area (TPSA) is 119 Å². The summed E-state index contributed by atoms with van der Waals surface area (Å²) in [5, 5.41) is 8.54. The van der Waals surface area contributed by atoms with Gasteiger partial charge in [0.25, 0.3) is 0 Å². The van der Waals surface area contributed by atoms with Crippen molar-refractivity contribution in [2.24, 2.45) is 0 Å². The molecule has 0 spiro atoms. The monoisotopic (exact) mass is 440 g/mol. The van der Waals surface area contributed by atoms with Gasteiger partial charge < -0.3 is 4.90 Å². The van der Waals surface area contributed by atoms with Crippen molar-refractivity contribution >= 4 is 21.5 Å². The first kappa shape index (κ1) is 19.9. The molecular weight excluding hydrogens is 416 g/mol. The highest BCUT2D eigenvalue weighted by Gasteiger charge is 2.38. The molecule has 1 atom stereocenters. The summed E-state index contributed by atoms with van der Waals surface area (Å²) in [7, 11) is -3.47. The Kier molecular flexibility index (Phi) is 4.84. The zero-order valence-corrected chi connectivity index (χ0v) is 18.2. The molecule has 0 radical (unpaired) electrons. The maximum Gasteiger partial charge on any atom is 0.229 e. The number of anilines is 2. The number of aromatic nitrogens is 6. The van der Waals surface area contributed by atoms with E-state index >= 15 is 0 Å². The van der Waals surface area contributed by atoms with Gasteiger partial charge in [-0.25, -0.2) is 18.4 Å². The van der Waals surface area contributed by atoms with Gasteiger partial charge in [0, 0.05) is 17.8 Å². The third-order valence-electron chi connectivity index (χ3n) is 5.92. The average molecular weight is 441 g/mol. The summed E-state index contributed by atoms with van der Waals surface area (Å²) in [4.78, 5) is 16.0. The first-order valence-corrected chi connectivity index (χ1v) is 12.3. The number of pyridine rings is 1. The number of rotatable bonds is 5. The molecule has 1 saturated carbocycles. The van der Waals surface area contributed by atoms with Crippen molar-refractivity contribution in [2.75, 3.05) is 15.9 Å². The lowest BCUT2D eigenvalue weighted by atomic mass is 10.0. The van der Waals surface area contributed by atoms with Gasteiger partial charge in [0.1, 0.15) is 12.0 Å². The van der Waals surface area contributed by atoms with Crippen LogP contribution >= 0.6 is 0 Å². The lowest BCUT2D eigenvalue weighted by Crippen LogP contribution is -2.42. The Morgan fingerprint density at radius 3 is 2.77 bits per heavy atom. The van der Waals surface area contributed by atoms with E-state index in [-0.39, 0.29) is 6.04 Å². The maximum absolute atomic E-state index is 11.8. The first-order valence-electron chi connectivity index (χ1n) is 10.4. The van der Waals surface area contributed by atoms with E-state index in [1.54, 1.807) is 24.8 Å². The van der Waals surface area contributed by atoms with Crippen LogP contribution in [0.3, 0.4) is 0 Å². The van der Waals surface area contributed by atoms with E-state index in [0.717, 1.165) is 42.8 Å². The summed E-state index contributed by atoms with van der Waals surface area (Å²) in [5.74, 6) is 2.18. The predicted octanol–water partition coefficient (Wildman–Crippen LogP) is 2.70. The van der Waals surface area contributed by atoms with Crippen LogP contribution in [0.2, 0.25) is 0 Å². The Bertz CT molecular complexity index is 1220. The highest BCUT2D eigenvalue weighted by atomic mass is 32.2. The lowest BCUT2D eigenvalue weighted by Gasteiger charge is -2.40. The van der Waals surface area contributed by atoms with Crippen molar-refractivity contribution in [1.82, 2.24) is 29.7 Å². The van der Waals surface area contributed by atoms with Crippen LogP contribution in [-0.4, -0.2) is 50.4 Å². The van der Waals surface area contributed by atoms with E-state index in [4.69, 9.17) is 4.98 Å². The summed E-state index contributed by atoms with van der Waals surface area (Å²) in [6, 6.07) is 2.18. The van der Waals surface area contributed by atoms with Crippen molar-refractivity contribution in [2.45, 2.75) is 51.1 Å². The van der Waals surface area contributed by atoms with Gasteiger partial charge in [-0.3, -0.25) is 14.3 Å². The SMILES string of the molecule is CCC1c2nncn2-c2cnc(-c3ccncc3NS(C)(=O)=O)nc2N1C1CCCC1. The molecule has 0 bridgehead atoms. The first-order chi connectivity index (χ1) is 15.0. The van der Waals surface area contributed by atoms with Gasteiger partial charge in [0.15, 0.2) is 17.5 Å². The fraction of sp³-hybridized carbons (Fsp3) is 0.450. The Labute approximate surface area is 180 Å². The highest BCUT2D eigenvalue weighted by molar-refractivity contribution is 7.92. The molecule has 4 heterocycles. The standard InChI is InChI=1S/C20H24N8O2S/c1-3-16-20-25-23-12-27(20)17-11-22-18(24-19(17)28(16)13-6-4-5-7-13)14-8-9-21-10-15(14)26-31(2,29)30/h8-13,16,26H,3-7H2,1-2H3.